The molecule has 0 aromatic carbocycles. The molecule has 2 atom stereocenters. The van der Waals surface area contributed by atoms with Gasteiger partial charge in [0.1, 0.15) is 5.75 Å². The molecule has 84 valence electrons. The molecule has 5 nitrogen and oxygen atoms in total. The fourth-order valence-electron chi connectivity index (χ4n) is 0.900. The van der Waals surface area contributed by atoms with E-state index in [4.69, 9.17) is 0 Å². The van der Waals surface area contributed by atoms with Crippen LogP contribution in [0.25, 0.3) is 0 Å². The zero-order chi connectivity index (χ0) is 11.4. The lowest BCUT2D eigenvalue weighted by molar-refractivity contribution is -0.137. The summed E-state index contributed by atoms with van der Waals surface area (Å²) in [5.41, 5.74) is 0. The predicted molar refractivity (Wildman–Crippen MR) is 53.8 cm³/mol. The Balaban J connectivity index is 4.54. The summed E-state index contributed by atoms with van der Waals surface area (Å²) < 4.78 is 27.4. The third-order valence-electron chi connectivity index (χ3n) is 2.27. The van der Waals surface area contributed by atoms with Gasteiger partial charge in [0, 0.05) is 6.04 Å². The standard InChI is InChI=1S/C8H17NO4S/c1-6(9-3)7(2)14(11,12)5-8(10)13-4/h6-7,9H,5H2,1-4H3. The number of ether oxygens (including phenoxy) is 1. The van der Waals surface area contributed by atoms with Crippen LogP contribution in [0.5, 0.6) is 0 Å². The monoisotopic (exact) mass is 223 g/mol. The van der Waals surface area contributed by atoms with E-state index < -0.39 is 26.8 Å². The maximum atomic E-state index is 11.6. The van der Waals surface area contributed by atoms with Crippen molar-refractivity contribution in [2.45, 2.75) is 25.1 Å². The van der Waals surface area contributed by atoms with Gasteiger partial charge >= 0.3 is 5.97 Å². The highest BCUT2D eigenvalue weighted by atomic mass is 32.2. The summed E-state index contributed by atoms with van der Waals surface area (Å²) in [7, 11) is -0.574. The predicted octanol–water partition coefficient (Wildman–Crippen LogP) is -0.429. The molecule has 0 heterocycles. The van der Waals surface area contributed by atoms with Crippen molar-refractivity contribution in [1.29, 1.82) is 0 Å². The van der Waals surface area contributed by atoms with Gasteiger partial charge in [-0.15, -0.1) is 0 Å². The van der Waals surface area contributed by atoms with E-state index in [1.165, 1.54) is 7.11 Å². The maximum absolute atomic E-state index is 11.6. The van der Waals surface area contributed by atoms with Gasteiger partial charge in [-0.2, -0.15) is 0 Å². The molecule has 2 unspecified atom stereocenters. The maximum Gasteiger partial charge on any atom is 0.320 e. The van der Waals surface area contributed by atoms with Crippen molar-refractivity contribution in [2.24, 2.45) is 0 Å². The number of sulfone groups is 1. The largest absolute Gasteiger partial charge is 0.468 e. The molecular formula is C8H17NO4S. The van der Waals surface area contributed by atoms with E-state index in [1.54, 1.807) is 20.9 Å². The fraction of sp³-hybridized carbons (Fsp3) is 0.875. The summed E-state index contributed by atoms with van der Waals surface area (Å²) in [4.78, 5) is 10.8. The number of nitrogens with one attached hydrogen (secondary N) is 1. The quantitative estimate of drug-likeness (QED) is 0.640. The number of carbonyl (C=O) groups excluding carboxylic acids is 1. The Hall–Kier alpha value is -0.620. The molecule has 0 fully saturated rings. The molecule has 0 aromatic heterocycles. The molecule has 0 rings (SSSR count). The first-order valence-electron chi connectivity index (χ1n) is 4.30. The van der Waals surface area contributed by atoms with Crippen molar-refractivity contribution in [3.8, 4) is 0 Å². The first kappa shape index (κ1) is 13.4. The van der Waals surface area contributed by atoms with E-state index in [9.17, 15) is 13.2 Å². The second kappa shape index (κ2) is 5.31. The van der Waals surface area contributed by atoms with Crippen molar-refractivity contribution in [1.82, 2.24) is 5.32 Å². The average molecular weight is 223 g/mol. The van der Waals surface area contributed by atoms with Crippen molar-refractivity contribution in [3.05, 3.63) is 0 Å². The molecular weight excluding hydrogens is 206 g/mol. The van der Waals surface area contributed by atoms with E-state index >= 15 is 0 Å². The second-order valence-corrected chi connectivity index (χ2v) is 5.52. The van der Waals surface area contributed by atoms with Gasteiger partial charge in [0.2, 0.25) is 0 Å². The molecule has 0 radical (unpaired) electrons. The Morgan fingerprint density at radius 3 is 2.29 bits per heavy atom. The van der Waals surface area contributed by atoms with Crippen molar-refractivity contribution in [2.75, 3.05) is 19.9 Å². The van der Waals surface area contributed by atoms with Gasteiger partial charge in [-0.3, -0.25) is 4.79 Å². The summed E-state index contributed by atoms with van der Waals surface area (Å²) in [6.07, 6.45) is 0. The molecule has 0 amide bonds. The summed E-state index contributed by atoms with van der Waals surface area (Å²) in [6, 6.07) is -0.190. The number of rotatable bonds is 5. The van der Waals surface area contributed by atoms with E-state index in [2.05, 4.69) is 10.1 Å². The van der Waals surface area contributed by atoms with Crippen LogP contribution < -0.4 is 5.32 Å². The summed E-state index contributed by atoms with van der Waals surface area (Å²) >= 11 is 0. The topological polar surface area (TPSA) is 72.5 Å². The van der Waals surface area contributed by atoms with Crippen LogP contribution >= 0.6 is 0 Å². The Bertz CT molecular complexity index is 286. The van der Waals surface area contributed by atoms with Crippen LogP contribution in [-0.2, 0) is 19.4 Å². The van der Waals surface area contributed by atoms with Crippen LogP contribution in [0.2, 0.25) is 0 Å². The molecule has 14 heavy (non-hydrogen) atoms. The van der Waals surface area contributed by atoms with Gasteiger partial charge in [0.25, 0.3) is 0 Å². The SMILES string of the molecule is CNC(C)C(C)S(=O)(=O)CC(=O)OC. The number of hydrogen-bond donors (Lipinski definition) is 1. The van der Waals surface area contributed by atoms with E-state index in [-0.39, 0.29) is 6.04 Å². The lowest BCUT2D eigenvalue weighted by atomic mass is 10.3. The average Bonchev–Trinajstić information content (AvgIpc) is 2.14. The zero-order valence-corrected chi connectivity index (χ0v) is 9.72. The summed E-state index contributed by atoms with van der Waals surface area (Å²) in [5, 5.41) is 2.23. The third-order valence-corrected chi connectivity index (χ3v) is 4.45. The highest BCUT2D eigenvalue weighted by molar-refractivity contribution is 7.92. The van der Waals surface area contributed by atoms with E-state index in [0.717, 1.165) is 0 Å². The van der Waals surface area contributed by atoms with Gasteiger partial charge in [-0.05, 0) is 20.9 Å². The number of esters is 1. The minimum Gasteiger partial charge on any atom is -0.468 e. The van der Waals surface area contributed by atoms with E-state index in [1.807, 2.05) is 0 Å². The lowest BCUT2D eigenvalue weighted by Gasteiger charge is -2.18. The first-order valence-corrected chi connectivity index (χ1v) is 6.02. The Morgan fingerprint density at radius 2 is 1.93 bits per heavy atom. The van der Waals surface area contributed by atoms with Crippen LogP contribution in [0.3, 0.4) is 0 Å². The highest BCUT2D eigenvalue weighted by Crippen LogP contribution is 2.07. The van der Waals surface area contributed by atoms with Gasteiger partial charge in [0.15, 0.2) is 9.84 Å². The minimum absolute atomic E-state index is 0.190. The Kier molecular flexibility index (Phi) is 5.07. The number of carbonyl (C=O) groups is 1. The van der Waals surface area contributed by atoms with Gasteiger partial charge in [-0.1, -0.05) is 0 Å². The third kappa shape index (κ3) is 3.63. The minimum atomic E-state index is -3.42. The van der Waals surface area contributed by atoms with Crippen LogP contribution in [0, 0.1) is 0 Å². The lowest BCUT2D eigenvalue weighted by Crippen LogP contribution is -2.40. The number of hydrogen-bond acceptors (Lipinski definition) is 5. The zero-order valence-electron chi connectivity index (χ0n) is 8.90. The van der Waals surface area contributed by atoms with Crippen LogP contribution in [0.1, 0.15) is 13.8 Å². The Labute approximate surface area is 84.7 Å². The van der Waals surface area contributed by atoms with Gasteiger partial charge < -0.3 is 10.1 Å². The van der Waals surface area contributed by atoms with Crippen molar-refractivity contribution >= 4 is 15.8 Å². The Morgan fingerprint density at radius 1 is 1.43 bits per heavy atom. The molecule has 1 N–H and O–H groups in total. The number of methoxy groups -OCH3 is 1. The van der Waals surface area contributed by atoms with Crippen molar-refractivity contribution in [3.63, 3.8) is 0 Å². The summed E-state index contributed by atoms with van der Waals surface area (Å²) in [5.74, 6) is -1.28. The summed E-state index contributed by atoms with van der Waals surface area (Å²) in [6.45, 7) is 3.32. The van der Waals surface area contributed by atoms with Crippen LogP contribution in [-0.4, -0.2) is 45.6 Å². The fourth-order valence-corrected chi connectivity index (χ4v) is 2.37. The van der Waals surface area contributed by atoms with Crippen LogP contribution in [0.4, 0.5) is 0 Å². The molecule has 0 saturated carbocycles. The molecule has 0 aromatic rings. The molecule has 0 aliphatic heterocycles. The molecule has 0 aliphatic rings. The van der Waals surface area contributed by atoms with Gasteiger partial charge in [0.05, 0.1) is 12.4 Å². The smallest absolute Gasteiger partial charge is 0.320 e. The van der Waals surface area contributed by atoms with E-state index in [0.29, 0.717) is 0 Å². The molecule has 0 aliphatic carbocycles. The second-order valence-electron chi connectivity index (χ2n) is 3.17. The molecule has 0 spiro atoms. The molecule has 0 bridgehead atoms. The first-order chi connectivity index (χ1) is 6.35. The molecule has 6 heteroatoms. The van der Waals surface area contributed by atoms with Gasteiger partial charge in [-0.25, -0.2) is 8.42 Å². The van der Waals surface area contributed by atoms with Crippen LogP contribution in [0.15, 0.2) is 0 Å². The normalized spacial score (nSPS) is 16.0. The highest BCUT2D eigenvalue weighted by Gasteiger charge is 2.28. The molecule has 0 saturated heterocycles. The van der Waals surface area contributed by atoms with Crippen molar-refractivity contribution < 1.29 is 17.9 Å².